The molecule has 5 atom stereocenters. The van der Waals surface area contributed by atoms with Gasteiger partial charge in [-0.3, -0.25) is 14.5 Å². The number of carbonyl (C=O) groups is 5. The summed E-state index contributed by atoms with van der Waals surface area (Å²) in [6.45, 7) is 9.12. The zero-order valence-electron chi connectivity index (χ0n) is 44.3. The molecule has 2 unspecified atom stereocenters. The maximum Gasteiger partial charge on any atom is 0.410 e. The number of hydrogen-bond acceptors (Lipinski definition) is 12. The number of likely N-dealkylation sites (tertiary alicyclic amines) is 2. The molecule has 0 radical (unpaired) electrons. The first kappa shape index (κ1) is 51.5. The van der Waals surface area contributed by atoms with Crippen LogP contribution in [0.5, 0.6) is 11.5 Å². The van der Waals surface area contributed by atoms with Crippen LogP contribution in [0.1, 0.15) is 133 Å². The number of rotatable bonds is 14. The molecule has 2 aromatic heterocycles. The number of ether oxygens (including phenoxy) is 5. The maximum atomic E-state index is 14.6. The predicted molar refractivity (Wildman–Crippen MR) is 283 cm³/mol. The van der Waals surface area contributed by atoms with Crippen molar-refractivity contribution in [2.75, 3.05) is 19.9 Å². The largest absolute Gasteiger partial charge is 0.454 e. The lowest BCUT2D eigenvalue weighted by atomic mass is 10.0. The third-order valence-corrected chi connectivity index (χ3v) is 16.2. The standard InChI is InChI=1S/C58H69N9O10/c1-33(2)49(63-56(70)75-40-10-5-6-11-40)54(68)66-25-9-14-46(66)52-59-27-44(61-52)37-19-15-35(16-20-37)36-17-21-38(22-18-36)45-28-60-53(62-45)47-26-42(77-58(72)65-29-39-23-24-48-51(43(39)31-65)74-32-73-48)30-67(47)55(69)50(34(3)4)64-57(71)76-41-12-7-8-13-41/h15-24,27-28,33-34,40-42,46-47,49-50H,5-14,25-26,29-32H2,1-4H3,(H,59,61)(H,60,62)(H,63,70)(H,64,71)/t42-,46?,47?,49+,50+/m1/s1. The average molecular weight is 1050 g/mol. The van der Waals surface area contributed by atoms with Crippen LogP contribution in [0.25, 0.3) is 33.6 Å². The molecule has 11 rings (SSSR count). The summed E-state index contributed by atoms with van der Waals surface area (Å²) in [5.74, 6) is 1.73. The number of aromatic nitrogens is 4. The van der Waals surface area contributed by atoms with E-state index in [1.807, 2.05) is 81.1 Å². The topological polar surface area (TPSA) is 223 Å². The third-order valence-electron chi connectivity index (χ3n) is 16.2. The van der Waals surface area contributed by atoms with Crippen LogP contribution < -0.4 is 20.1 Å². The van der Waals surface area contributed by atoms with E-state index >= 15 is 0 Å². The normalized spacial score (nSPS) is 21.0. The average Bonchev–Trinajstić information content (AvgIpc) is 4.29. The molecule has 0 bridgehead atoms. The maximum absolute atomic E-state index is 14.6. The number of alkyl carbamates (subject to hydrolysis) is 2. The van der Waals surface area contributed by atoms with Crippen LogP contribution in [0.4, 0.5) is 14.4 Å². The van der Waals surface area contributed by atoms with Gasteiger partial charge in [0.1, 0.15) is 42.0 Å². The Bertz CT molecular complexity index is 2960. The number of nitrogens with one attached hydrogen (secondary N) is 4. The molecular formula is C58H69N9O10. The highest BCUT2D eigenvalue weighted by molar-refractivity contribution is 5.87. The number of imidazole rings is 2. The first-order valence-electron chi connectivity index (χ1n) is 27.6. The van der Waals surface area contributed by atoms with E-state index in [1.165, 1.54) is 0 Å². The van der Waals surface area contributed by atoms with Crippen LogP contribution >= 0.6 is 0 Å². The van der Waals surface area contributed by atoms with Gasteiger partial charge >= 0.3 is 18.3 Å². The van der Waals surface area contributed by atoms with E-state index in [0.29, 0.717) is 49.2 Å². The van der Waals surface area contributed by atoms with E-state index in [-0.39, 0.29) is 55.2 Å². The van der Waals surface area contributed by atoms with Crippen molar-refractivity contribution < 1.29 is 47.7 Å². The molecule has 4 N–H and O–H groups in total. The first-order valence-corrected chi connectivity index (χ1v) is 27.6. The molecule has 2 saturated heterocycles. The molecule has 77 heavy (non-hydrogen) atoms. The van der Waals surface area contributed by atoms with Gasteiger partial charge in [-0.15, -0.1) is 0 Å². The van der Waals surface area contributed by atoms with Crippen LogP contribution in [0, 0.1) is 11.8 Å². The minimum absolute atomic E-state index is 0.0880. The fourth-order valence-electron chi connectivity index (χ4n) is 11.9. The van der Waals surface area contributed by atoms with Crippen molar-refractivity contribution in [1.82, 2.24) is 45.3 Å². The SMILES string of the molecule is CC(C)[C@H](NC(=O)OC1CCCC1)C(=O)N1CCCC1c1ncc(-c2ccc(-c3ccc(-c4cnc(C5C[C@@H](OC(=O)N6Cc7ccc8c(c7C6)OCO8)CN5C(=O)[C@@H](NC(=O)OC5CCCC5)C(C)C)[nH]4)cc3)cc2)[nH]1. The number of fused-ring (bicyclic) bond motifs is 3. The lowest BCUT2D eigenvalue weighted by molar-refractivity contribution is -0.136. The van der Waals surface area contributed by atoms with Crippen molar-refractivity contribution in [1.29, 1.82) is 0 Å². The summed E-state index contributed by atoms with van der Waals surface area (Å²) in [5.41, 5.74) is 7.31. The van der Waals surface area contributed by atoms with Crippen molar-refractivity contribution in [3.63, 3.8) is 0 Å². The van der Waals surface area contributed by atoms with Gasteiger partial charge < -0.3 is 54.1 Å². The fourth-order valence-corrected chi connectivity index (χ4v) is 11.9. The summed E-state index contributed by atoms with van der Waals surface area (Å²) in [5, 5.41) is 5.74. The van der Waals surface area contributed by atoms with Crippen LogP contribution in [0.2, 0.25) is 0 Å². The second-order valence-corrected chi connectivity index (χ2v) is 22.1. The van der Waals surface area contributed by atoms with Gasteiger partial charge in [-0.25, -0.2) is 24.4 Å². The Balaban J connectivity index is 0.753. The molecule has 4 fully saturated rings. The molecule has 6 aliphatic rings. The summed E-state index contributed by atoms with van der Waals surface area (Å²) in [6.07, 6.45) is 10.3. The van der Waals surface area contributed by atoms with Gasteiger partial charge in [0.25, 0.3) is 0 Å². The minimum atomic E-state index is -0.890. The number of hydrogen-bond donors (Lipinski definition) is 4. The van der Waals surface area contributed by atoms with E-state index in [2.05, 4.69) is 32.7 Å². The molecule has 3 aromatic carbocycles. The lowest BCUT2D eigenvalue weighted by Crippen LogP contribution is -2.52. The zero-order valence-corrected chi connectivity index (χ0v) is 44.3. The van der Waals surface area contributed by atoms with Crippen molar-refractivity contribution in [2.45, 2.75) is 154 Å². The number of nitrogens with zero attached hydrogens (tertiary/aromatic N) is 5. The van der Waals surface area contributed by atoms with Gasteiger partial charge in [0, 0.05) is 25.1 Å². The third kappa shape index (κ3) is 11.0. The van der Waals surface area contributed by atoms with E-state index in [1.54, 1.807) is 22.2 Å². The molecule has 2 aliphatic carbocycles. The van der Waals surface area contributed by atoms with Crippen LogP contribution in [-0.2, 0) is 36.9 Å². The van der Waals surface area contributed by atoms with Crippen molar-refractivity contribution in [3.05, 3.63) is 95.8 Å². The van der Waals surface area contributed by atoms with E-state index in [4.69, 9.17) is 33.7 Å². The van der Waals surface area contributed by atoms with Crippen LogP contribution in [0.3, 0.4) is 0 Å². The quantitative estimate of drug-likeness (QED) is 0.0764. The number of carbonyl (C=O) groups excluding carboxylic acids is 5. The van der Waals surface area contributed by atoms with Crippen molar-refractivity contribution in [2.24, 2.45) is 11.8 Å². The number of aromatic amines is 2. The lowest BCUT2D eigenvalue weighted by Gasteiger charge is -2.30. The Morgan fingerprint density at radius 1 is 0.597 bits per heavy atom. The zero-order chi connectivity index (χ0) is 53.3. The smallest absolute Gasteiger partial charge is 0.410 e. The molecule has 19 heteroatoms. The fraction of sp³-hybridized carbons (Fsp3) is 0.500. The van der Waals surface area contributed by atoms with Gasteiger partial charge in [-0.2, -0.15) is 0 Å². The van der Waals surface area contributed by atoms with Gasteiger partial charge in [-0.1, -0.05) is 82.3 Å². The molecule has 0 spiro atoms. The number of benzene rings is 3. The van der Waals surface area contributed by atoms with E-state index in [0.717, 1.165) is 109 Å². The molecule has 6 heterocycles. The Kier molecular flexibility index (Phi) is 14.8. The molecular weight excluding hydrogens is 983 g/mol. The Morgan fingerprint density at radius 3 is 1.69 bits per heavy atom. The predicted octanol–water partition coefficient (Wildman–Crippen LogP) is 9.71. The summed E-state index contributed by atoms with van der Waals surface area (Å²) in [4.78, 5) is 90.1. The van der Waals surface area contributed by atoms with Crippen LogP contribution in [-0.4, -0.2) is 115 Å². The summed E-state index contributed by atoms with van der Waals surface area (Å²) < 4.78 is 28.8. The highest BCUT2D eigenvalue weighted by atomic mass is 16.7. The van der Waals surface area contributed by atoms with Gasteiger partial charge in [0.2, 0.25) is 18.6 Å². The number of amides is 5. The molecule has 5 amide bonds. The molecule has 19 nitrogen and oxygen atoms in total. The minimum Gasteiger partial charge on any atom is -0.454 e. The van der Waals surface area contributed by atoms with E-state index in [9.17, 15) is 24.0 Å². The van der Waals surface area contributed by atoms with Gasteiger partial charge in [-0.05, 0) is 110 Å². The molecule has 4 aliphatic heterocycles. The molecule has 406 valence electrons. The van der Waals surface area contributed by atoms with Crippen molar-refractivity contribution >= 4 is 30.1 Å². The van der Waals surface area contributed by atoms with Crippen LogP contribution in [0.15, 0.2) is 73.1 Å². The van der Waals surface area contributed by atoms with Gasteiger partial charge in [0.05, 0.1) is 49.0 Å². The Hall–Kier alpha value is -7.57. The second-order valence-electron chi connectivity index (χ2n) is 22.1. The second kappa shape index (κ2) is 22.2. The monoisotopic (exact) mass is 1050 g/mol. The Morgan fingerprint density at radius 2 is 1.13 bits per heavy atom. The van der Waals surface area contributed by atoms with Crippen molar-refractivity contribution in [3.8, 4) is 45.1 Å². The van der Waals surface area contributed by atoms with E-state index < -0.39 is 42.5 Å². The first-order chi connectivity index (χ1) is 37.3. The summed E-state index contributed by atoms with van der Waals surface area (Å²) in [6, 6.07) is 17.7. The summed E-state index contributed by atoms with van der Waals surface area (Å²) >= 11 is 0. The number of H-pyrrole nitrogens is 2. The molecule has 2 saturated carbocycles. The van der Waals surface area contributed by atoms with Gasteiger partial charge in [0.15, 0.2) is 11.5 Å². The highest BCUT2D eigenvalue weighted by Crippen LogP contribution is 2.42. The highest BCUT2D eigenvalue weighted by Gasteiger charge is 2.45. The Labute approximate surface area is 448 Å². The summed E-state index contributed by atoms with van der Waals surface area (Å²) in [7, 11) is 0. The molecule has 5 aromatic rings.